The fourth-order valence-corrected chi connectivity index (χ4v) is 3.99. The molecule has 0 saturated carbocycles. The Balaban J connectivity index is 0.000000559. The van der Waals surface area contributed by atoms with Gasteiger partial charge in [-0.25, -0.2) is 23.2 Å². The van der Waals surface area contributed by atoms with Crippen LogP contribution in [0.15, 0.2) is 59.8 Å². The SMILES string of the molecule is CS(=O)(=O)c1ccc(CNC(=O)c2cc(C(=O)NCc3ccc4c(c3)CCO4)ncn2)cc1.O=C(O)C(F)(F)F. The molecule has 1 aliphatic rings. The predicted molar refractivity (Wildman–Crippen MR) is 133 cm³/mol. The summed E-state index contributed by atoms with van der Waals surface area (Å²) in [4.78, 5) is 42.0. The van der Waals surface area contributed by atoms with Gasteiger partial charge in [-0.05, 0) is 34.9 Å². The van der Waals surface area contributed by atoms with E-state index in [-0.39, 0.29) is 22.8 Å². The smallest absolute Gasteiger partial charge is 0.490 e. The van der Waals surface area contributed by atoms with Crippen molar-refractivity contribution in [1.82, 2.24) is 20.6 Å². The van der Waals surface area contributed by atoms with Crippen molar-refractivity contribution in [2.75, 3.05) is 12.9 Å². The van der Waals surface area contributed by atoms with Gasteiger partial charge in [-0.15, -0.1) is 0 Å². The van der Waals surface area contributed by atoms with Crippen LogP contribution in [0.3, 0.4) is 0 Å². The van der Waals surface area contributed by atoms with E-state index in [0.717, 1.165) is 41.4 Å². The molecule has 0 atom stereocenters. The highest BCUT2D eigenvalue weighted by atomic mass is 32.2. The number of nitrogens with one attached hydrogen (secondary N) is 2. The number of nitrogens with zero attached hydrogens (tertiary/aromatic N) is 2. The molecule has 2 aromatic carbocycles. The van der Waals surface area contributed by atoms with Gasteiger partial charge in [0.25, 0.3) is 11.8 Å². The molecule has 0 unspecified atom stereocenters. The molecule has 0 saturated heterocycles. The zero-order valence-electron chi connectivity index (χ0n) is 20.9. The molecule has 4 rings (SSSR count). The highest BCUT2D eigenvalue weighted by molar-refractivity contribution is 7.90. The molecule has 0 aliphatic carbocycles. The molecule has 0 radical (unpaired) electrons. The number of alkyl halides is 3. The summed E-state index contributed by atoms with van der Waals surface area (Å²) in [6.45, 7) is 1.17. The Kier molecular flexibility index (Phi) is 9.42. The number of halogens is 3. The van der Waals surface area contributed by atoms with Crippen LogP contribution in [0.2, 0.25) is 0 Å². The van der Waals surface area contributed by atoms with Gasteiger partial charge in [0.2, 0.25) is 0 Å². The van der Waals surface area contributed by atoms with Gasteiger partial charge in [-0.3, -0.25) is 9.59 Å². The van der Waals surface area contributed by atoms with Gasteiger partial charge in [-0.2, -0.15) is 13.2 Å². The van der Waals surface area contributed by atoms with E-state index in [4.69, 9.17) is 14.6 Å². The van der Waals surface area contributed by atoms with Gasteiger partial charge in [0, 0.05) is 31.8 Å². The summed E-state index contributed by atoms with van der Waals surface area (Å²) in [6.07, 6.45) is -1.94. The Morgan fingerprint density at radius 3 is 1.98 bits per heavy atom. The van der Waals surface area contributed by atoms with Crippen molar-refractivity contribution in [3.8, 4) is 5.75 Å². The van der Waals surface area contributed by atoms with E-state index in [1.165, 1.54) is 18.2 Å². The van der Waals surface area contributed by atoms with Crippen LogP contribution in [0, 0.1) is 0 Å². The van der Waals surface area contributed by atoms with E-state index in [2.05, 4.69) is 20.6 Å². The summed E-state index contributed by atoms with van der Waals surface area (Å²) < 4.78 is 60.3. The van der Waals surface area contributed by atoms with Crippen molar-refractivity contribution in [2.45, 2.75) is 30.6 Å². The molecule has 212 valence electrons. The Labute approximate surface area is 226 Å². The lowest BCUT2D eigenvalue weighted by atomic mass is 10.1. The third-order valence-electron chi connectivity index (χ3n) is 5.39. The minimum Gasteiger partial charge on any atom is -0.493 e. The first-order valence-electron chi connectivity index (χ1n) is 11.5. The van der Waals surface area contributed by atoms with Crippen LogP contribution in [0.1, 0.15) is 37.7 Å². The maximum absolute atomic E-state index is 12.5. The second kappa shape index (κ2) is 12.5. The Morgan fingerprint density at radius 2 is 1.45 bits per heavy atom. The molecule has 2 amide bonds. The average molecular weight is 581 g/mol. The van der Waals surface area contributed by atoms with Gasteiger partial charge in [0.15, 0.2) is 9.84 Å². The molecule has 3 aromatic rings. The number of fused-ring (bicyclic) bond motifs is 1. The van der Waals surface area contributed by atoms with Crippen LogP contribution < -0.4 is 15.4 Å². The molecular weight excluding hydrogens is 557 g/mol. The molecular formula is C25H23F3N4O7S. The number of aromatic nitrogens is 2. The lowest BCUT2D eigenvalue weighted by Gasteiger charge is -2.08. The summed E-state index contributed by atoms with van der Waals surface area (Å²) >= 11 is 0. The minimum absolute atomic E-state index is 0.0533. The predicted octanol–water partition coefficient (Wildman–Crippen LogP) is 2.31. The zero-order valence-corrected chi connectivity index (χ0v) is 21.7. The third-order valence-corrected chi connectivity index (χ3v) is 6.51. The number of amides is 2. The molecule has 11 nitrogen and oxygen atoms in total. The topological polar surface area (TPSA) is 165 Å². The number of carboxylic acids is 1. The van der Waals surface area contributed by atoms with E-state index in [1.54, 1.807) is 12.1 Å². The number of ether oxygens (including phenoxy) is 1. The van der Waals surface area contributed by atoms with Crippen molar-refractivity contribution in [3.05, 3.63) is 82.9 Å². The van der Waals surface area contributed by atoms with Crippen LogP contribution >= 0.6 is 0 Å². The number of carboxylic acid groups (broad SMARTS) is 1. The first kappa shape index (κ1) is 30.0. The standard InChI is InChI=1S/C23H22N4O5S.C2HF3O2/c1-33(30,31)18-5-2-15(3-6-18)12-24-22(28)19-11-20(27-14-26-19)23(29)25-13-16-4-7-21-17(10-16)8-9-32-21;3-2(4,5)1(6)7/h2-7,10-11,14H,8-9,12-13H2,1H3,(H,24,28)(H,25,29);(H,6,7). The number of benzene rings is 2. The van der Waals surface area contributed by atoms with E-state index in [9.17, 15) is 31.2 Å². The molecule has 3 N–H and O–H groups in total. The van der Waals surface area contributed by atoms with Crippen LogP contribution in [0.5, 0.6) is 5.75 Å². The first-order valence-corrected chi connectivity index (χ1v) is 13.4. The van der Waals surface area contributed by atoms with Gasteiger partial charge in [0.05, 0.1) is 11.5 Å². The van der Waals surface area contributed by atoms with Gasteiger partial charge in [-0.1, -0.05) is 24.3 Å². The molecule has 0 spiro atoms. The van der Waals surface area contributed by atoms with E-state index < -0.39 is 33.8 Å². The largest absolute Gasteiger partial charge is 0.493 e. The van der Waals surface area contributed by atoms with Crippen molar-refractivity contribution < 1.29 is 45.8 Å². The fraction of sp³-hybridized carbons (Fsp3) is 0.240. The number of carbonyl (C=O) groups excluding carboxylic acids is 2. The van der Waals surface area contributed by atoms with Crippen molar-refractivity contribution in [1.29, 1.82) is 0 Å². The maximum Gasteiger partial charge on any atom is 0.490 e. The van der Waals surface area contributed by atoms with Crippen molar-refractivity contribution in [2.24, 2.45) is 0 Å². The third kappa shape index (κ3) is 8.49. The Bertz CT molecular complexity index is 1510. The second-order valence-electron chi connectivity index (χ2n) is 8.41. The number of carbonyl (C=O) groups is 3. The summed E-state index contributed by atoms with van der Waals surface area (Å²) in [6, 6.07) is 13.3. The van der Waals surface area contributed by atoms with Crippen LogP contribution in [0.25, 0.3) is 0 Å². The number of aliphatic carboxylic acids is 1. The molecule has 2 heterocycles. The lowest BCUT2D eigenvalue weighted by molar-refractivity contribution is -0.192. The number of hydrogen-bond acceptors (Lipinski definition) is 8. The first-order chi connectivity index (χ1) is 18.7. The number of hydrogen-bond donors (Lipinski definition) is 3. The van der Waals surface area contributed by atoms with Crippen LogP contribution in [0.4, 0.5) is 13.2 Å². The van der Waals surface area contributed by atoms with Gasteiger partial charge in [0.1, 0.15) is 23.5 Å². The molecule has 40 heavy (non-hydrogen) atoms. The molecule has 15 heteroatoms. The second-order valence-corrected chi connectivity index (χ2v) is 10.4. The van der Waals surface area contributed by atoms with Gasteiger partial charge >= 0.3 is 12.1 Å². The monoisotopic (exact) mass is 580 g/mol. The van der Waals surface area contributed by atoms with Crippen LogP contribution in [-0.4, -0.2) is 60.3 Å². The Hall–Kier alpha value is -4.53. The highest BCUT2D eigenvalue weighted by Gasteiger charge is 2.38. The zero-order chi connectivity index (χ0) is 29.5. The fourth-order valence-electron chi connectivity index (χ4n) is 3.36. The van der Waals surface area contributed by atoms with Crippen molar-refractivity contribution >= 4 is 27.6 Å². The lowest BCUT2D eigenvalue weighted by Crippen LogP contribution is -2.27. The molecule has 0 fully saturated rings. The molecule has 1 aliphatic heterocycles. The molecule has 1 aromatic heterocycles. The van der Waals surface area contributed by atoms with E-state index in [1.807, 2.05) is 18.2 Å². The summed E-state index contributed by atoms with van der Waals surface area (Å²) in [7, 11) is -3.28. The van der Waals surface area contributed by atoms with E-state index in [0.29, 0.717) is 13.2 Å². The summed E-state index contributed by atoms with van der Waals surface area (Å²) in [5.41, 5.74) is 2.92. The maximum atomic E-state index is 12.5. The highest BCUT2D eigenvalue weighted by Crippen LogP contribution is 2.25. The van der Waals surface area contributed by atoms with Gasteiger partial charge < -0.3 is 20.5 Å². The Morgan fingerprint density at radius 1 is 0.925 bits per heavy atom. The van der Waals surface area contributed by atoms with Crippen LogP contribution in [-0.2, 0) is 34.1 Å². The molecule has 0 bridgehead atoms. The summed E-state index contributed by atoms with van der Waals surface area (Å²) in [5, 5.41) is 12.6. The summed E-state index contributed by atoms with van der Waals surface area (Å²) in [5.74, 6) is -2.77. The van der Waals surface area contributed by atoms with E-state index >= 15 is 0 Å². The minimum atomic E-state index is -5.08. The number of sulfone groups is 1. The number of rotatable bonds is 7. The quantitative estimate of drug-likeness (QED) is 0.380. The van der Waals surface area contributed by atoms with Crippen molar-refractivity contribution in [3.63, 3.8) is 0 Å². The average Bonchev–Trinajstić information content (AvgIpc) is 3.38. The normalized spacial score (nSPS) is 12.3.